The maximum absolute atomic E-state index is 13.0. The van der Waals surface area contributed by atoms with Crippen molar-refractivity contribution in [2.75, 3.05) is 37.2 Å². The molecular weight excluding hydrogens is 704 g/mol. The molecule has 0 aliphatic heterocycles. The van der Waals surface area contributed by atoms with Crippen LogP contribution in [0.1, 0.15) is 42.7 Å². The van der Waals surface area contributed by atoms with Crippen molar-refractivity contribution < 1.29 is 33.5 Å². The molecule has 0 spiro atoms. The molecule has 0 unspecified atom stereocenters. The van der Waals surface area contributed by atoms with Gasteiger partial charge in [-0.25, -0.2) is 9.97 Å². The molecule has 5 amide bonds. The van der Waals surface area contributed by atoms with E-state index in [2.05, 4.69) is 46.5 Å². The third-order valence-electron chi connectivity index (χ3n) is 6.67. The number of carbonyl (C=O) groups excluding carboxylic acids is 6. The highest BCUT2D eigenvalue weighted by atomic mass is 35.5. The van der Waals surface area contributed by atoms with E-state index in [1.165, 1.54) is 0 Å². The number of nitrogens with one attached hydrogen (secondary N) is 5. The lowest BCUT2D eigenvalue weighted by Crippen LogP contribution is -2.54. The molecule has 22 heteroatoms. The Balaban J connectivity index is 1.94. The number of carbonyl (C=O) groups is 6. The highest BCUT2D eigenvalue weighted by Crippen LogP contribution is 2.21. The van der Waals surface area contributed by atoms with Crippen LogP contribution in [0.4, 0.5) is 11.6 Å². The number of hydrogen-bond donors (Lipinski definition) is 10. The number of nitrogens with two attached hydrogens (primary N) is 5. The molecule has 282 valence electrons. The Morgan fingerprint density at radius 1 is 0.865 bits per heavy atom. The van der Waals surface area contributed by atoms with Crippen molar-refractivity contribution in [2.45, 2.75) is 45.4 Å². The molecule has 0 radical (unpaired) electrons. The molecule has 1 aromatic carbocycles. The van der Waals surface area contributed by atoms with Crippen molar-refractivity contribution in [3.8, 4) is 0 Å². The normalized spacial score (nSPS) is 11.6. The summed E-state index contributed by atoms with van der Waals surface area (Å²) < 4.78 is 5.16. The van der Waals surface area contributed by atoms with Gasteiger partial charge in [-0.3, -0.25) is 33.8 Å². The number of esters is 1. The maximum atomic E-state index is 13.0. The number of aliphatic imine (C=N–C) groups is 2. The second-order valence-corrected chi connectivity index (χ2v) is 11.6. The first-order valence-corrected chi connectivity index (χ1v) is 16.0. The first kappa shape index (κ1) is 41.9. The van der Waals surface area contributed by atoms with Gasteiger partial charge in [0.25, 0.3) is 0 Å². The minimum atomic E-state index is -1.12. The second kappa shape index (κ2) is 21.1. The summed E-state index contributed by atoms with van der Waals surface area (Å²) >= 11 is 6.06. The van der Waals surface area contributed by atoms with Crippen LogP contribution in [0.3, 0.4) is 0 Å². The number of guanidine groups is 2. The van der Waals surface area contributed by atoms with Crippen LogP contribution in [0.2, 0.25) is 5.15 Å². The first-order valence-electron chi connectivity index (χ1n) is 15.7. The first-order chi connectivity index (χ1) is 24.6. The second-order valence-electron chi connectivity index (χ2n) is 11.2. The van der Waals surface area contributed by atoms with E-state index in [-0.39, 0.29) is 42.3 Å². The standard InChI is InChI=1S/C30H43ClN14O7/c1-15(2)21(42-19(47)11-38-25-23(31)43-22(24(32)44-25)28(51)45-30(35)36)27(50)39-12-18(46)41-17(9-6-10-37-29(33)34)26(49)40-13-20(48)52-14-16-7-4-3-5-8-16/h3-5,7-8,15,17,21H,6,9-14H2,1-2H3,(H,39,50)(H,40,49)(H,41,46)(H,42,47)(H3,32,38,44)(H4,33,34,37)(H4,35,36,45,51)/t17-,21-/m0/s1. The summed E-state index contributed by atoms with van der Waals surface area (Å²) in [5, 5.41) is 12.2. The lowest BCUT2D eigenvalue weighted by atomic mass is 10.0. The van der Waals surface area contributed by atoms with E-state index in [0.717, 1.165) is 5.56 Å². The topological polar surface area (TPSA) is 352 Å². The number of benzene rings is 1. The van der Waals surface area contributed by atoms with E-state index < -0.39 is 84.8 Å². The van der Waals surface area contributed by atoms with Crippen LogP contribution in [0, 0.1) is 5.92 Å². The van der Waals surface area contributed by atoms with Crippen LogP contribution >= 0.6 is 11.6 Å². The van der Waals surface area contributed by atoms with Gasteiger partial charge in [0, 0.05) is 6.54 Å². The molecule has 15 N–H and O–H groups in total. The Bertz CT molecular complexity index is 1650. The average molecular weight is 747 g/mol. The zero-order valence-corrected chi connectivity index (χ0v) is 29.2. The Hall–Kier alpha value is -6.25. The smallest absolute Gasteiger partial charge is 0.325 e. The molecule has 2 atom stereocenters. The fourth-order valence-electron chi connectivity index (χ4n) is 4.16. The monoisotopic (exact) mass is 746 g/mol. The third-order valence-corrected chi connectivity index (χ3v) is 6.93. The van der Waals surface area contributed by atoms with E-state index in [1.54, 1.807) is 38.1 Å². The van der Waals surface area contributed by atoms with Gasteiger partial charge in [0.15, 0.2) is 34.4 Å². The predicted molar refractivity (Wildman–Crippen MR) is 191 cm³/mol. The minimum Gasteiger partial charge on any atom is -0.460 e. The fraction of sp³-hybridized carbons (Fsp3) is 0.400. The molecule has 21 nitrogen and oxygen atoms in total. The van der Waals surface area contributed by atoms with Gasteiger partial charge < -0.3 is 60.0 Å². The number of hydrogen-bond acceptors (Lipinski definition) is 12. The van der Waals surface area contributed by atoms with E-state index >= 15 is 0 Å². The van der Waals surface area contributed by atoms with Crippen molar-refractivity contribution in [1.82, 2.24) is 31.2 Å². The van der Waals surface area contributed by atoms with Gasteiger partial charge in [0.05, 0.1) is 13.1 Å². The number of halogens is 1. The summed E-state index contributed by atoms with van der Waals surface area (Å²) in [6.07, 6.45) is 0.384. The van der Waals surface area contributed by atoms with E-state index in [9.17, 15) is 28.8 Å². The number of amides is 5. The molecule has 0 aliphatic rings. The molecule has 0 saturated heterocycles. The molecule has 0 bridgehead atoms. The highest BCUT2D eigenvalue weighted by Gasteiger charge is 2.26. The SMILES string of the molecule is CC(C)[C@H](NC(=O)CNc1nc(N)c(C(=O)N=C(N)N)nc1Cl)C(=O)NCC(=O)N[C@@H](CCCN=C(N)N)C(=O)NCC(=O)OCc1ccccc1. The van der Waals surface area contributed by atoms with E-state index in [4.69, 9.17) is 45.0 Å². The van der Waals surface area contributed by atoms with Crippen molar-refractivity contribution in [2.24, 2.45) is 38.8 Å². The summed E-state index contributed by atoms with van der Waals surface area (Å²) in [6, 6.07) is 6.74. The molecule has 2 aromatic rings. The number of rotatable bonds is 19. The van der Waals surface area contributed by atoms with Crippen LogP contribution in [0.15, 0.2) is 40.3 Å². The molecule has 0 aliphatic carbocycles. The van der Waals surface area contributed by atoms with E-state index in [0.29, 0.717) is 6.42 Å². The summed E-state index contributed by atoms with van der Waals surface area (Å²) in [5.41, 5.74) is 27.2. The molecule has 2 rings (SSSR count). The van der Waals surface area contributed by atoms with Gasteiger partial charge in [-0.1, -0.05) is 55.8 Å². The van der Waals surface area contributed by atoms with Gasteiger partial charge in [-0.15, -0.1) is 0 Å². The zero-order valence-electron chi connectivity index (χ0n) is 28.5. The van der Waals surface area contributed by atoms with Crippen LogP contribution < -0.4 is 55.3 Å². The van der Waals surface area contributed by atoms with Gasteiger partial charge in [-0.05, 0) is 24.3 Å². The van der Waals surface area contributed by atoms with Crippen LogP contribution in [0.25, 0.3) is 0 Å². The summed E-state index contributed by atoms with van der Waals surface area (Å²) in [7, 11) is 0. The van der Waals surface area contributed by atoms with Crippen molar-refractivity contribution in [3.63, 3.8) is 0 Å². The number of aromatic nitrogens is 2. The average Bonchev–Trinajstić information content (AvgIpc) is 3.08. The predicted octanol–water partition coefficient (Wildman–Crippen LogP) is -2.81. The quantitative estimate of drug-likeness (QED) is 0.0300. The third kappa shape index (κ3) is 15.1. The van der Waals surface area contributed by atoms with E-state index in [1.807, 2.05) is 6.07 Å². The van der Waals surface area contributed by atoms with Gasteiger partial charge in [0.2, 0.25) is 23.6 Å². The summed E-state index contributed by atoms with van der Waals surface area (Å²) in [4.78, 5) is 90.6. The van der Waals surface area contributed by atoms with Crippen LogP contribution in [-0.2, 0) is 35.3 Å². The summed E-state index contributed by atoms with van der Waals surface area (Å²) in [5.74, 6) is -6.05. The molecule has 52 heavy (non-hydrogen) atoms. The molecule has 1 aromatic heterocycles. The molecule has 1 heterocycles. The zero-order chi connectivity index (χ0) is 38.8. The molecule has 0 saturated carbocycles. The largest absolute Gasteiger partial charge is 0.460 e. The Kier molecular flexibility index (Phi) is 17.0. The van der Waals surface area contributed by atoms with Gasteiger partial charge in [0.1, 0.15) is 25.2 Å². The van der Waals surface area contributed by atoms with Crippen molar-refractivity contribution in [3.05, 3.63) is 46.7 Å². The number of nitrogens with zero attached hydrogens (tertiary/aromatic N) is 4. The Morgan fingerprint density at radius 2 is 1.52 bits per heavy atom. The lowest BCUT2D eigenvalue weighted by molar-refractivity contribution is -0.145. The molecular formula is C30H43ClN14O7. The van der Waals surface area contributed by atoms with Gasteiger partial charge >= 0.3 is 11.9 Å². The lowest BCUT2D eigenvalue weighted by Gasteiger charge is -2.22. The Morgan fingerprint density at radius 3 is 2.15 bits per heavy atom. The highest BCUT2D eigenvalue weighted by molar-refractivity contribution is 6.32. The van der Waals surface area contributed by atoms with Crippen LogP contribution in [0.5, 0.6) is 0 Å². The van der Waals surface area contributed by atoms with Crippen molar-refractivity contribution in [1.29, 1.82) is 0 Å². The number of anilines is 2. The summed E-state index contributed by atoms with van der Waals surface area (Å²) in [6.45, 7) is 2.05. The van der Waals surface area contributed by atoms with Crippen molar-refractivity contribution >= 4 is 70.7 Å². The molecule has 0 fully saturated rings. The van der Waals surface area contributed by atoms with Crippen LogP contribution in [-0.4, -0.2) is 95.7 Å². The number of ether oxygens (including phenoxy) is 1. The van der Waals surface area contributed by atoms with Gasteiger partial charge in [-0.2, -0.15) is 4.99 Å². The maximum Gasteiger partial charge on any atom is 0.325 e. The fourth-order valence-corrected chi connectivity index (χ4v) is 4.35. The Labute approximate surface area is 303 Å². The minimum absolute atomic E-state index is 0.0141. The number of nitrogen functional groups attached to an aromatic ring is 1.